The number of rotatable bonds is 4. The molecule has 0 radical (unpaired) electrons. The first-order valence-corrected chi connectivity index (χ1v) is 7.30. The Morgan fingerprint density at radius 3 is 2.48 bits per heavy atom. The summed E-state index contributed by atoms with van der Waals surface area (Å²) < 4.78 is 5.75. The molecule has 0 aromatic carbocycles. The van der Waals surface area contributed by atoms with Crippen LogP contribution in [0.25, 0.3) is 0 Å². The van der Waals surface area contributed by atoms with Gasteiger partial charge in [-0.05, 0) is 27.7 Å². The molecule has 1 atom stereocenters. The number of carbonyl (C=O) groups is 2. The SMILES string of the molecule is CC1(C)CN(CCN2C(=O)NC(C)(C)C2=O)CC(CO)O1. The van der Waals surface area contributed by atoms with Crippen LogP contribution in [0, 0.1) is 0 Å². The standard InChI is InChI=1S/C14H25N3O4/c1-13(2)9-16(7-10(8-18)21-13)5-6-17-11(19)14(3,4)15-12(17)20/h10,18H,5-9H2,1-4H3,(H,15,20). The molecule has 2 heterocycles. The summed E-state index contributed by atoms with van der Waals surface area (Å²) in [7, 11) is 0. The number of nitrogens with zero attached hydrogens (tertiary/aromatic N) is 2. The summed E-state index contributed by atoms with van der Waals surface area (Å²) in [5.74, 6) is -0.196. The van der Waals surface area contributed by atoms with E-state index in [-0.39, 0.29) is 30.3 Å². The predicted octanol–water partition coefficient (Wildman–Crippen LogP) is -0.211. The molecule has 120 valence electrons. The van der Waals surface area contributed by atoms with E-state index in [9.17, 15) is 14.7 Å². The van der Waals surface area contributed by atoms with Gasteiger partial charge in [0.1, 0.15) is 5.54 Å². The lowest BCUT2D eigenvalue weighted by Gasteiger charge is -2.42. The van der Waals surface area contributed by atoms with E-state index in [4.69, 9.17) is 4.74 Å². The van der Waals surface area contributed by atoms with E-state index in [1.165, 1.54) is 4.90 Å². The molecule has 0 spiro atoms. The summed E-state index contributed by atoms with van der Waals surface area (Å²) in [5, 5.41) is 12.0. The van der Waals surface area contributed by atoms with Crippen LogP contribution >= 0.6 is 0 Å². The molecule has 3 amide bonds. The van der Waals surface area contributed by atoms with Gasteiger partial charge in [0.25, 0.3) is 5.91 Å². The third-order valence-corrected chi connectivity index (χ3v) is 3.84. The average molecular weight is 299 g/mol. The summed E-state index contributed by atoms with van der Waals surface area (Å²) in [4.78, 5) is 27.3. The second kappa shape index (κ2) is 5.55. The zero-order valence-electron chi connectivity index (χ0n) is 13.2. The summed E-state index contributed by atoms with van der Waals surface area (Å²) in [5.41, 5.74) is -1.17. The number of ether oxygens (including phenoxy) is 1. The van der Waals surface area contributed by atoms with Crippen LogP contribution < -0.4 is 5.32 Å². The molecule has 0 aromatic rings. The van der Waals surface area contributed by atoms with E-state index in [0.29, 0.717) is 26.2 Å². The van der Waals surface area contributed by atoms with Crippen molar-refractivity contribution in [3.63, 3.8) is 0 Å². The van der Waals surface area contributed by atoms with Crippen molar-refractivity contribution >= 4 is 11.9 Å². The van der Waals surface area contributed by atoms with E-state index < -0.39 is 5.54 Å². The van der Waals surface area contributed by atoms with Crippen molar-refractivity contribution in [2.24, 2.45) is 0 Å². The van der Waals surface area contributed by atoms with Crippen molar-refractivity contribution in [1.82, 2.24) is 15.1 Å². The number of aliphatic hydroxyl groups excluding tert-OH is 1. The van der Waals surface area contributed by atoms with Crippen LogP contribution in [0.4, 0.5) is 4.79 Å². The number of aliphatic hydroxyl groups is 1. The molecule has 7 nitrogen and oxygen atoms in total. The fourth-order valence-electron chi connectivity index (χ4n) is 2.94. The quantitative estimate of drug-likeness (QED) is 0.702. The van der Waals surface area contributed by atoms with Gasteiger partial charge in [-0.15, -0.1) is 0 Å². The molecule has 21 heavy (non-hydrogen) atoms. The van der Waals surface area contributed by atoms with Crippen LogP contribution in [0.2, 0.25) is 0 Å². The number of morpholine rings is 1. The summed E-state index contributed by atoms with van der Waals surface area (Å²) in [6.45, 7) is 9.55. The normalized spacial score (nSPS) is 28.8. The van der Waals surface area contributed by atoms with Gasteiger partial charge in [-0.3, -0.25) is 14.6 Å². The van der Waals surface area contributed by atoms with E-state index in [1.54, 1.807) is 13.8 Å². The van der Waals surface area contributed by atoms with Crippen LogP contribution in [0.15, 0.2) is 0 Å². The second-order valence-electron chi connectivity index (χ2n) is 6.93. The predicted molar refractivity (Wildman–Crippen MR) is 76.8 cm³/mol. The molecule has 0 bridgehead atoms. The maximum absolute atomic E-state index is 12.1. The Kier molecular flexibility index (Phi) is 4.28. The highest BCUT2D eigenvalue weighted by atomic mass is 16.5. The van der Waals surface area contributed by atoms with Gasteiger partial charge in [0.15, 0.2) is 0 Å². The third-order valence-electron chi connectivity index (χ3n) is 3.84. The van der Waals surface area contributed by atoms with Crippen molar-refractivity contribution in [2.45, 2.75) is 44.9 Å². The molecule has 2 N–H and O–H groups in total. The van der Waals surface area contributed by atoms with Gasteiger partial charge >= 0.3 is 6.03 Å². The van der Waals surface area contributed by atoms with Gasteiger partial charge in [-0.1, -0.05) is 0 Å². The summed E-state index contributed by atoms with van der Waals surface area (Å²) in [6.07, 6.45) is -0.228. The molecule has 2 fully saturated rings. The monoisotopic (exact) mass is 299 g/mol. The third kappa shape index (κ3) is 3.53. The number of hydrogen-bond acceptors (Lipinski definition) is 5. The lowest BCUT2D eigenvalue weighted by Crippen LogP contribution is -2.55. The van der Waals surface area contributed by atoms with Crippen LogP contribution in [-0.4, -0.2) is 76.9 Å². The Morgan fingerprint density at radius 2 is 1.95 bits per heavy atom. The van der Waals surface area contributed by atoms with Gasteiger partial charge < -0.3 is 15.2 Å². The topological polar surface area (TPSA) is 82.1 Å². The molecule has 0 aromatic heterocycles. The lowest BCUT2D eigenvalue weighted by atomic mass is 10.1. The van der Waals surface area contributed by atoms with Crippen LogP contribution in [-0.2, 0) is 9.53 Å². The average Bonchev–Trinajstić information content (AvgIpc) is 2.54. The number of imide groups is 1. The Hall–Kier alpha value is -1.18. The number of carbonyl (C=O) groups excluding carboxylic acids is 2. The van der Waals surface area contributed by atoms with Crippen LogP contribution in [0.1, 0.15) is 27.7 Å². The number of amides is 3. The molecule has 1 unspecified atom stereocenters. The van der Waals surface area contributed by atoms with Gasteiger partial charge in [-0.25, -0.2) is 4.79 Å². The van der Waals surface area contributed by atoms with Crippen molar-refractivity contribution in [2.75, 3.05) is 32.8 Å². The zero-order valence-corrected chi connectivity index (χ0v) is 13.2. The van der Waals surface area contributed by atoms with E-state index >= 15 is 0 Å². The van der Waals surface area contributed by atoms with E-state index in [1.807, 2.05) is 13.8 Å². The maximum Gasteiger partial charge on any atom is 0.325 e. The molecule has 2 aliphatic rings. The highest BCUT2D eigenvalue weighted by molar-refractivity contribution is 6.06. The summed E-state index contributed by atoms with van der Waals surface area (Å²) in [6, 6.07) is -0.337. The molecule has 2 saturated heterocycles. The molecule has 0 aliphatic carbocycles. The molecule has 2 aliphatic heterocycles. The minimum Gasteiger partial charge on any atom is -0.394 e. The number of hydrogen-bond donors (Lipinski definition) is 2. The first-order valence-electron chi connectivity index (χ1n) is 7.30. The molecule has 0 saturated carbocycles. The van der Waals surface area contributed by atoms with Crippen molar-refractivity contribution in [3.8, 4) is 0 Å². The fourth-order valence-corrected chi connectivity index (χ4v) is 2.94. The first-order chi connectivity index (χ1) is 9.64. The van der Waals surface area contributed by atoms with Crippen molar-refractivity contribution < 1.29 is 19.4 Å². The minimum atomic E-state index is -0.824. The van der Waals surface area contributed by atoms with Gasteiger partial charge in [-0.2, -0.15) is 0 Å². The Labute approximate surface area is 125 Å². The Morgan fingerprint density at radius 1 is 1.29 bits per heavy atom. The molecular weight excluding hydrogens is 274 g/mol. The second-order valence-corrected chi connectivity index (χ2v) is 6.93. The minimum absolute atomic E-state index is 0.0317. The zero-order chi connectivity index (χ0) is 15.8. The van der Waals surface area contributed by atoms with Crippen LogP contribution in [0.3, 0.4) is 0 Å². The highest BCUT2D eigenvalue weighted by Gasteiger charge is 2.44. The highest BCUT2D eigenvalue weighted by Crippen LogP contribution is 2.21. The Balaban J connectivity index is 1.94. The van der Waals surface area contributed by atoms with E-state index in [2.05, 4.69) is 10.2 Å². The van der Waals surface area contributed by atoms with Crippen molar-refractivity contribution in [3.05, 3.63) is 0 Å². The van der Waals surface area contributed by atoms with Gasteiger partial charge in [0, 0.05) is 26.2 Å². The molecular formula is C14H25N3O4. The first kappa shape index (κ1) is 16.2. The van der Waals surface area contributed by atoms with Crippen LogP contribution in [0.5, 0.6) is 0 Å². The molecule has 2 rings (SSSR count). The number of nitrogens with one attached hydrogen (secondary N) is 1. The van der Waals surface area contributed by atoms with Gasteiger partial charge in [0.2, 0.25) is 0 Å². The lowest BCUT2D eigenvalue weighted by molar-refractivity contribution is -0.149. The van der Waals surface area contributed by atoms with E-state index in [0.717, 1.165) is 0 Å². The maximum atomic E-state index is 12.1. The van der Waals surface area contributed by atoms with Crippen molar-refractivity contribution in [1.29, 1.82) is 0 Å². The summed E-state index contributed by atoms with van der Waals surface area (Å²) >= 11 is 0. The number of urea groups is 1. The Bertz CT molecular complexity index is 436. The largest absolute Gasteiger partial charge is 0.394 e. The molecule has 7 heteroatoms. The smallest absolute Gasteiger partial charge is 0.325 e. The van der Waals surface area contributed by atoms with Gasteiger partial charge in [0.05, 0.1) is 18.3 Å². The fraction of sp³-hybridized carbons (Fsp3) is 0.857.